The van der Waals surface area contributed by atoms with E-state index in [2.05, 4.69) is 37.2 Å². The van der Waals surface area contributed by atoms with Gasteiger partial charge in [-0.25, -0.2) is 0 Å². The fourth-order valence-electron chi connectivity index (χ4n) is 1.26. The zero-order valence-corrected chi connectivity index (χ0v) is 12.1. The van der Waals surface area contributed by atoms with Crippen molar-refractivity contribution in [1.82, 2.24) is 0 Å². The summed E-state index contributed by atoms with van der Waals surface area (Å²) in [5.74, 6) is 0.854. The van der Waals surface area contributed by atoms with Crippen LogP contribution in [0, 0.1) is 0 Å². The first kappa shape index (κ1) is 12.0. The molecule has 16 heavy (non-hydrogen) atoms. The molecule has 0 saturated heterocycles. The van der Waals surface area contributed by atoms with Gasteiger partial charge in [0.15, 0.2) is 0 Å². The summed E-state index contributed by atoms with van der Waals surface area (Å²) in [5, 5.41) is 3.94. The van der Waals surface area contributed by atoms with Crippen molar-refractivity contribution in [3.05, 3.63) is 50.3 Å². The van der Waals surface area contributed by atoms with Crippen molar-refractivity contribution < 1.29 is 4.42 Å². The molecule has 0 aliphatic carbocycles. The van der Waals surface area contributed by atoms with Crippen LogP contribution in [0.3, 0.4) is 0 Å². The minimum atomic E-state index is 0.604. The van der Waals surface area contributed by atoms with Crippen molar-refractivity contribution in [2.45, 2.75) is 6.54 Å². The topological polar surface area (TPSA) is 25.2 Å². The molecule has 2 rings (SSSR count). The minimum absolute atomic E-state index is 0.604. The number of hydrogen-bond acceptors (Lipinski definition) is 2. The van der Waals surface area contributed by atoms with E-state index in [1.54, 1.807) is 6.26 Å². The lowest BCUT2D eigenvalue weighted by Gasteiger charge is -2.07. The number of rotatable bonds is 3. The van der Waals surface area contributed by atoms with Gasteiger partial charge in [-0.15, -0.1) is 0 Å². The zero-order valence-electron chi connectivity index (χ0n) is 8.14. The highest BCUT2D eigenvalue weighted by molar-refractivity contribution is 9.10. The molecule has 2 aromatic rings. The molecule has 1 heterocycles. The first-order chi connectivity index (χ1) is 7.66. The Hall–Kier alpha value is -0.450. The Bertz CT molecular complexity index is 498. The average Bonchev–Trinajstić information content (AvgIpc) is 2.66. The number of benzene rings is 1. The Kier molecular flexibility index (Phi) is 3.95. The van der Waals surface area contributed by atoms with Gasteiger partial charge >= 0.3 is 0 Å². The van der Waals surface area contributed by atoms with Crippen LogP contribution >= 0.6 is 43.5 Å². The Morgan fingerprint density at radius 2 is 2.00 bits per heavy atom. The maximum atomic E-state index is 5.92. The lowest BCUT2D eigenvalue weighted by atomic mass is 10.3. The summed E-state index contributed by atoms with van der Waals surface area (Å²) in [6.45, 7) is 0.604. The summed E-state index contributed by atoms with van der Waals surface area (Å²) in [6.07, 6.45) is 1.65. The number of furan rings is 1. The molecule has 0 radical (unpaired) electrons. The highest BCUT2D eigenvalue weighted by atomic mass is 79.9. The Morgan fingerprint density at radius 1 is 1.19 bits per heavy atom. The third-order valence-corrected chi connectivity index (χ3v) is 3.69. The van der Waals surface area contributed by atoms with Gasteiger partial charge in [-0.3, -0.25) is 0 Å². The van der Waals surface area contributed by atoms with Gasteiger partial charge in [0.2, 0.25) is 0 Å². The van der Waals surface area contributed by atoms with Gasteiger partial charge in [-0.2, -0.15) is 0 Å². The predicted molar refractivity (Wildman–Crippen MR) is 72.9 cm³/mol. The number of halogens is 3. The molecular formula is C11H8Br2ClNO. The molecule has 1 aromatic heterocycles. The summed E-state index contributed by atoms with van der Waals surface area (Å²) >= 11 is 12.8. The quantitative estimate of drug-likeness (QED) is 0.821. The van der Waals surface area contributed by atoms with E-state index in [1.165, 1.54) is 0 Å². The second-order valence-electron chi connectivity index (χ2n) is 3.17. The largest absolute Gasteiger partial charge is 0.466 e. The summed E-state index contributed by atoms with van der Waals surface area (Å²) in [7, 11) is 0. The third-order valence-electron chi connectivity index (χ3n) is 2.06. The molecule has 84 valence electrons. The van der Waals surface area contributed by atoms with E-state index in [4.69, 9.17) is 16.0 Å². The SMILES string of the molecule is Clc1ccc(Br)c(NCc2occc2Br)c1. The van der Waals surface area contributed by atoms with Crippen LogP contribution in [0.5, 0.6) is 0 Å². The summed E-state index contributed by atoms with van der Waals surface area (Å²) in [4.78, 5) is 0. The molecular weight excluding hydrogens is 357 g/mol. The molecule has 0 atom stereocenters. The molecule has 0 spiro atoms. The maximum Gasteiger partial charge on any atom is 0.136 e. The number of anilines is 1. The summed E-state index contributed by atoms with van der Waals surface area (Å²) in [5.41, 5.74) is 0.941. The van der Waals surface area contributed by atoms with Crippen molar-refractivity contribution in [2.24, 2.45) is 0 Å². The van der Waals surface area contributed by atoms with E-state index in [9.17, 15) is 0 Å². The monoisotopic (exact) mass is 363 g/mol. The van der Waals surface area contributed by atoms with E-state index in [-0.39, 0.29) is 0 Å². The van der Waals surface area contributed by atoms with Crippen LogP contribution in [0.1, 0.15) is 5.76 Å². The minimum Gasteiger partial charge on any atom is -0.466 e. The third kappa shape index (κ3) is 2.81. The van der Waals surface area contributed by atoms with Crippen LogP contribution in [-0.4, -0.2) is 0 Å². The van der Waals surface area contributed by atoms with Gasteiger partial charge in [0.1, 0.15) is 5.76 Å². The van der Waals surface area contributed by atoms with Crippen LogP contribution in [0.4, 0.5) is 5.69 Å². The van der Waals surface area contributed by atoms with Gasteiger partial charge in [-0.1, -0.05) is 11.6 Å². The highest BCUT2D eigenvalue weighted by Gasteiger charge is 2.05. The molecule has 0 aliphatic heterocycles. The molecule has 0 aliphatic rings. The first-order valence-electron chi connectivity index (χ1n) is 4.57. The normalized spacial score (nSPS) is 10.4. The fraction of sp³-hybridized carbons (Fsp3) is 0.0909. The molecule has 0 fully saturated rings. The van der Waals surface area contributed by atoms with Gasteiger partial charge in [-0.05, 0) is 56.1 Å². The molecule has 0 bridgehead atoms. The molecule has 1 N–H and O–H groups in total. The van der Waals surface area contributed by atoms with Crippen molar-refractivity contribution in [3.63, 3.8) is 0 Å². The Balaban J connectivity index is 2.10. The second kappa shape index (κ2) is 5.25. The van der Waals surface area contributed by atoms with Crippen LogP contribution < -0.4 is 5.32 Å². The molecule has 0 amide bonds. The number of nitrogens with one attached hydrogen (secondary N) is 1. The summed E-state index contributed by atoms with van der Waals surface area (Å²) < 4.78 is 7.23. The van der Waals surface area contributed by atoms with Crippen molar-refractivity contribution >= 4 is 49.1 Å². The van der Waals surface area contributed by atoms with Gasteiger partial charge < -0.3 is 9.73 Å². The zero-order chi connectivity index (χ0) is 11.5. The summed E-state index contributed by atoms with van der Waals surface area (Å²) in [6, 6.07) is 7.47. The first-order valence-corrected chi connectivity index (χ1v) is 6.54. The van der Waals surface area contributed by atoms with Gasteiger partial charge in [0, 0.05) is 9.50 Å². The second-order valence-corrected chi connectivity index (χ2v) is 5.31. The lowest BCUT2D eigenvalue weighted by Crippen LogP contribution is -1.99. The van der Waals surface area contributed by atoms with Crippen molar-refractivity contribution in [3.8, 4) is 0 Å². The van der Waals surface area contributed by atoms with Crippen LogP contribution in [0.15, 0.2) is 43.9 Å². The van der Waals surface area contributed by atoms with Gasteiger partial charge in [0.05, 0.1) is 23.0 Å². The van der Waals surface area contributed by atoms with E-state index in [1.807, 2.05) is 24.3 Å². The molecule has 0 saturated carbocycles. The van der Waals surface area contributed by atoms with E-state index in [0.29, 0.717) is 11.6 Å². The molecule has 0 unspecified atom stereocenters. The molecule has 5 heteroatoms. The van der Waals surface area contributed by atoms with E-state index >= 15 is 0 Å². The van der Waals surface area contributed by atoms with E-state index in [0.717, 1.165) is 20.4 Å². The molecule has 2 nitrogen and oxygen atoms in total. The fourth-order valence-corrected chi connectivity index (χ4v) is 2.16. The molecule has 1 aromatic carbocycles. The predicted octanol–water partition coefficient (Wildman–Crippen LogP) is 5.07. The van der Waals surface area contributed by atoms with Crippen LogP contribution in [0.2, 0.25) is 5.02 Å². The Labute approximate surface area is 115 Å². The van der Waals surface area contributed by atoms with Crippen LogP contribution in [0.25, 0.3) is 0 Å². The number of hydrogen-bond donors (Lipinski definition) is 1. The van der Waals surface area contributed by atoms with Crippen molar-refractivity contribution in [2.75, 3.05) is 5.32 Å². The average molecular weight is 365 g/mol. The smallest absolute Gasteiger partial charge is 0.136 e. The maximum absolute atomic E-state index is 5.92. The lowest BCUT2D eigenvalue weighted by molar-refractivity contribution is 0.516. The highest BCUT2D eigenvalue weighted by Crippen LogP contribution is 2.27. The standard InChI is InChI=1S/C11H8Br2ClNO/c12-8-2-1-7(14)5-10(8)15-6-11-9(13)3-4-16-11/h1-5,15H,6H2. The Morgan fingerprint density at radius 3 is 2.69 bits per heavy atom. The van der Waals surface area contributed by atoms with Crippen molar-refractivity contribution in [1.29, 1.82) is 0 Å². The van der Waals surface area contributed by atoms with E-state index < -0.39 is 0 Å². The van der Waals surface area contributed by atoms with Gasteiger partial charge in [0.25, 0.3) is 0 Å². The van der Waals surface area contributed by atoms with Crippen LogP contribution in [-0.2, 0) is 6.54 Å².